The molecule has 80 valence electrons. The lowest BCUT2D eigenvalue weighted by molar-refractivity contribution is 1.32. The van der Waals surface area contributed by atoms with Crippen molar-refractivity contribution in [3.8, 4) is 0 Å². The molecule has 0 saturated heterocycles. The number of hydrogen-bond acceptors (Lipinski definition) is 3. The van der Waals surface area contributed by atoms with E-state index in [4.69, 9.17) is 0 Å². The van der Waals surface area contributed by atoms with E-state index in [2.05, 4.69) is 16.0 Å². The minimum absolute atomic E-state index is 0.675. The van der Waals surface area contributed by atoms with Crippen LogP contribution in [-0.2, 0) is 0 Å². The van der Waals surface area contributed by atoms with E-state index in [1.165, 1.54) is 0 Å². The Morgan fingerprint density at radius 3 is 1.94 bits per heavy atom. The van der Waals surface area contributed by atoms with Crippen LogP contribution in [0.3, 0.4) is 0 Å². The molecule has 16 heavy (non-hydrogen) atoms. The molecule has 0 heterocycles. The molecule has 0 saturated carbocycles. The standard InChI is InChI=1S/C12H11N3O/c16-15-14-12-8-6-11(7-9-12)13-10-4-2-1-3-5-10/h1-9,13H,(H,14,16). The summed E-state index contributed by atoms with van der Waals surface area (Å²) in [5.41, 5.74) is 5.00. The zero-order chi connectivity index (χ0) is 11.2. The normalized spacial score (nSPS) is 9.50. The Hall–Kier alpha value is -2.36. The van der Waals surface area contributed by atoms with Crippen LogP contribution in [0.2, 0.25) is 0 Å². The van der Waals surface area contributed by atoms with Crippen LogP contribution in [0, 0.1) is 4.91 Å². The number of para-hydroxylation sites is 1. The molecule has 0 radical (unpaired) electrons. The molecule has 0 aliphatic carbocycles. The minimum Gasteiger partial charge on any atom is -0.356 e. The Morgan fingerprint density at radius 1 is 0.750 bits per heavy atom. The molecule has 2 rings (SSSR count). The average Bonchev–Trinajstić information content (AvgIpc) is 2.33. The molecule has 0 aromatic heterocycles. The van der Waals surface area contributed by atoms with Crippen LogP contribution in [-0.4, -0.2) is 0 Å². The van der Waals surface area contributed by atoms with E-state index < -0.39 is 0 Å². The van der Waals surface area contributed by atoms with Crippen molar-refractivity contribution in [2.24, 2.45) is 5.29 Å². The van der Waals surface area contributed by atoms with E-state index in [9.17, 15) is 4.91 Å². The summed E-state index contributed by atoms with van der Waals surface area (Å²) in [6.45, 7) is 0. The lowest BCUT2D eigenvalue weighted by atomic mass is 10.2. The number of nitrogens with one attached hydrogen (secondary N) is 2. The number of hydrogen-bond donors (Lipinski definition) is 2. The van der Waals surface area contributed by atoms with E-state index >= 15 is 0 Å². The predicted octanol–water partition coefficient (Wildman–Crippen LogP) is 3.52. The topological polar surface area (TPSA) is 53.5 Å². The van der Waals surface area contributed by atoms with Gasteiger partial charge in [0, 0.05) is 11.4 Å². The third kappa shape index (κ3) is 2.57. The number of benzene rings is 2. The summed E-state index contributed by atoms with van der Waals surface area (Å²) in [5, 5.41) is 5.84. The van der Waals surface area contributed by atoms with Gasteiger partial charge < -0.3 is 5.32 Å². The summed E-state index contributed by atoms with van der Waals surface area (Å²) in [6.07, 6.45) is 0. The number of nitroso groups, excluding NO2 is 1. The summed E-state index contributed by atoms with van der Waals surface area (Å²) in [6, 6.07) is 17.2. The summed E-state index contributed by atoms with van der Waals surface area (Å²) in [7, 11) is 0. The van der Waals surface area contributed by atoms with Gasteiger partial charge in [-0.25, -0.2) is 5.43 Å². The van der Waals surface area contributed by atoms with E-state index in [1.807, 2.05) is 42.5 Å². The van der Waals surface area contributed by atoms with Crippen LogP contribution in [0.15, 0.2) is 59.9 Å². The first kappa shape index (κ1) is 10.2. The van der Waals surface area contributed by atoms with Gasteiger partial charge in [0.2, 0.25) is 0 Å². The summed E-state index contributed by atoms with van der Waals surface area (Å²) in [4.78, 5) is 9.97. The Morgan fingerprint density at radius 2 is 1.31 bits per heavy atom. The fourth-order valence-electron chi connectivity index (χ4n) is 1.37. The quantitative estimate of drug-likeness (QED) is 0.603. The van der Waals surface area contributed by atoms with E-state index in [-0.39, 0.29) is 0 Å². The number of rotatable bonds is 4. The van der Waals surface area contributed by atoms with Crippen LogP contribution in [0.1, 0.15) is 0 Å². The second kappa shape index (κ2) is 4.93. The largest absolute Gasteiger partial charge is 0.356 e. The SMILES string of the molecule is O=NNc1ccc(Nc2ccccc2)cc1. The predicted molar refractivity (Wildman–Crippen MR) is 65.6 cm³/mol. The molecule has 0 unspecified atom stereocenters. The Balaban J connectivity index is 2.08. The van der Waals surface area contributed by atoms with Gasteiger partial charge in [0.05, 0.1) is 11.0 Å². The molecule has 2 N–H and O–H groups in total. The highest BCUT2D eigenvalue weighted by Crippen LogP contribution is 2.18. The molecule has 0 aliphatic heterocycles. The van der Waals surface area contributed by atoms with E-state index in [0.29, 0.717) is 5.69 Å². The van der Waals surface area contributed by atoms with Crippen LogP contribution in [0.4, 0.5) is 17.1 Å². The third-order valence-electron chi connectivity index (χ3n) is 2.12. The molecule has 0 spiro atoms. The van der Waals surface area contributed by atoms with Gasteiger partial charge in [-0.1, -0.05) is 18.2 Å². The fraction of sp³-hybridized carbons (Fsp3) is 0. The Labute approximate surface area is 93.3 Å². The van der Waals surface area contributed by atoms with Gasteiger partial charge in [0.1, 0.15) is 0 Å². The highest BCUT2D eigenvalue weighted by atomic mass is 16.3. The highest BCUT2D eigenvalue weighted by molar-refractivity contribution is 5.62. The Bertz CT molecular complexity index is 453. The van der Waals surface area contributed by atoms with Gasteiger partial charge in [-0.3, -0.25) is 0 Å². The van der Waals surface area contributed by atoms with Crippen molar-refractivity contribution in [2.75, 3.05) is 10.7 Å². The monoisotopic (exact) mass is 213 g/mol. The molecule has 0 amide bonds. The van der Waals surface area contributed by atoms with Crippen molar-refractivity contribution in [3.63, 3.8) is 0 Å². The van der Waals surface area contributed by atoms with Gasteiger partial charge in [-0.15, -0.1) is 4.91 Å². The zero-order valence-corrected chi connectivity index (χ0v) is 8.55. The van der Waals surface area contributed by atoms with Gasteiger partial charge >= 0.3 is 0 Å². The summed E-state index contributed by atoms with van der Waals surface area (Å²) >= 11 is 0. The zero-order valence-electron chi connectivity index (χ0n) is 8.55. The van der Waals surface area contributed by atoms with Crippen molar-refractivity contribution < 1.29 is 0 Å². The third-order valence-corrected chi connectivity index (χ3v) is 2.12. The number of anilines is 3. The minimum atomic E-state index is 0.675. The Kier molecular flexibility index (Phi) is 3.13. The maximum atomic E-state index is 9.97. The smallest absolute Gasteiger partial charge is 0.0595 e. The molecular formula is C12H11N3O. The molecule has 0 bridgehead atoms. The first-order valence-corrected chi connectivity index (χ1v) is 4.89. The van der Waals surface area contributed by atoms with Crippen molar-refractivity contribution in [1.82, 2.24) is 0 Å². The van der Waals surface area contributed by atoms with Crippen LogP contribution in [0.25, 0.3) is 0 Å². The van der Waals surface area contributed by atoms with Gasteiger partial charge in [-0.2, -0.15) is 0 Å². The molecule has 2 aromatic rings. The van der Waals surface area contributed by atoms with Gasteiger partial charge in [0.15, 0.2) is 0 Å². The summed E-state index contributed by atoms with van der Waals surface area (Å²) in [5.74, 6) is 0. The molecule has 0 aliphatic rings. The molecule has 4 nitrogen and oxygen atoms in total. The molecule has 0 fully saturated rings. The van der Waals surface area contributed by atoms with Crippen LogP contribution in [0.5, 0.6) is 0 Å². The second-order valence-corrected chi connectivity index (χ2v) is 3.27. The van der Waals surface area contributed by atoms with E-state index in [0.717, 1.165) is 11.4 Å². The maximum Gasteiger partial charge on any atom is 0.0595 e. The molecule has 2 aromatic carbocycles. The van der Waals surface area contributed by atoms with Crippen molar-refractivity contribution in [1.29, 1.82) is 0 Å². The lowest BCUT2D eigenvalue weighted by Gasteiger charge is -2.06. The molecular weight excluding hydrogens is 202 g/mol. The molecule has 0 atom stereocenters. The van der Waals surface area contributed by atoms with Gasteiger partial charge in [0.25, 0.3) is 0 Å². The maximum absolute atomic E-state index is 9.97. The van der Waals surface area contributed by atoms with Crippen molar-refractivity contribution in [3.05, 3.63) is 59.5 Å². The van der Waals surface area contributed by atoms with Crippen molar-refractivity contribution in [2.45, 2.75) is 0 Å². The highest BCUT2D eigenvalue weighted by Gasteiger charge is 1.94. The summed E-state index contributed by atoms with van der Waals surface area (Å²) < 4.78 is 0. The van der Waals surface area contributed by atoms with Crippen molar-refractivity contribution >= 4 is 17.1 Å². The molecule has 4 heteroatoms. The average molecular weight is 213 g/mol. The second-order valence-electron chi connectivity index (χ2n) is 3.27. The van der Waals surface area contributed by atoms with Crippen LogP contribution >= 0.6 is 0 Å². The lowest BCUT2D eigenvalue weighted by Crippen LogP contribution is -1.90. The van der Waals surface area contributed by atoms with Crippen LogP contribution < -0.4 is 10.7 Å². The van der Waals surface area contributed by atoms with Gasteiger partial charge in [-0.05, 0) is 36.4 Å². The first-order chi connectivity index (χ1) is 7.88. The first-order valence-electron chi connectivity index (χ1n) is 4.89. The number of nitrogens with zero attached hydrogens (tertiary/aromatic N) is 1. The van der Waals surface area contributed by atoms with E-state index in [1.54, 1.807) is 12.1 Å². The fourth-order valence-corrected chi connectivity index (χ4v) is 1.37.